The van der Waals surface area contributed by atoms with Crippen LogP contribution in [0.1, 0.15) is 46.0 Å². The number of aliphatic carboxylic acids is 2. The molecular weight excluding hydrogens is 334 g/mol. The maximum absolute atomic E-state index is 11.4. The smallest absolute Gasteiger partial charge is 0.309 e. The molecule has 1 unspecified atom stereocenters. The first-order valence-electron chi connectivity index (χ1n) is 8.46. The summed E-state index contributed by atoms with van der Waals surface area (Å²) in [5.74, 6) is -0.510. The maximum atomic E-state index is 11.4. The Morgan fingerprint density at radius 2 is 1.75 bits per heavy atom. The lowest BCUT2D eigenvalue weighted by Crippen LogP contribution is -2.44. The Kier molecular flexibility index (Phi) is 7.66. The lowest BCUT2D eigenvalue weighted by atomic mass is 9.76. The number of carboxylic acids is 2. The highest BCUT2D eigenvalue weighted by Crippen LogP contribution is 2.35. The lowest BCUT2D eigenvalue weighted by molar-refractivity contribution is -0.152. The van der Waals surface area contributed by atoms with Gasteiger partial charge in [0, 0.05) is 6.92 Å². The van der Waals surface area contributed by atoms with Gasteiger partial charge in [-0.15, -0.1) is 0 Å². The molecule has 0 saturated carbocycles. The van der Waals surface area contributed by atoms with Gasteiger partial charge in [-0.3, -0.25) is 9.59 Å². The normalized spacial score (nSPS) is 25.5. The molecule has 2 fully saturated rings. The quantitative estimate of drug-likeness (QED) is 0.761. The van der Waals surface area contributed by atoms with E-state index in [1.807, 2.05) is 6.92 Å². The molecular formula is C16H29NO6S. The van der Waals surface area contributed by atoms with Crippen LogP contribution in [0.15, 0.2) is 0 Å². The first-order valence-corrected chi connectivity index (χ1v) is 10.3. The zero-order valence-corrected chi connectivity index (χ0v) is 15.3. The van der Waals surface area contributed by atoms with Gasteiger partial charge in [0.1, 0.15) is 0 Å². The van der Waals surface area contributed by atoms with Crippen LogP contribution in [0.25, 0.3) is 0 Å². The van der Waals surface area contributed by atoms with E-state index in [0.29, 0.717) is 36.7 Å². The fraction of sp³-hybridized carbons (Fsp3) is 0.875. The molecule has 2 rings (SSSR count). The Hall–Kier alpha value is -1.15. The maximum Gasteiger partial charge on any atom is 0.309 e. The van der Waals surface area contributed by atoms with Crippen LogP contribution < -0.4 is 0 Å². The van der Waals surface area contributed by atoms with Gasteiger partial charge in [0.25, 0.3) is 5.97 Å². The molecule has 0 aromatic carbocycles. The summed E-state index contributed by atoms with van der Waals surface area (Å²) in [6.45, 7) is 5.58. The third-order valence-electron chi connectivity index (χ3n) is 5.12. The second-order valence-electron chi connectivity index (χ2n) is 6.86. The molecule has 2 aliphatic heterocycles. The van der Waals surface area contributed by atoms with E-state index in [1.165, 1.54) is 0 Å². The summed E-state index contributed by atoms with van der Waals surface area (Å²) in [6.07, 6.45) is 3.83. The second kappa shape index (κ2) is 8.80. The summed E-state index contributed by atoms with van der Waals surface area (Å²) in [4.78, 5) is 22.7. The van der Waals surface area contributed by atoms with Crippen LogP contribution in [-0.4, -0.2) is 66.6 Å². The van der Waals surface area contributed by atoms with Crippen molar-refractivity contribution in [3.63, 3.8) is 0 Å². The van der Waals surface area contributed by atoms with E-state index in [-0.39, 0.29) is 0 Å². The molecule has 7 nitrogen and oxygen atoms in total. The van der Waals surface area contributed by atoms with E-state index in [2.05, 4.69) is 4.90 Å². The number of carboxylic acid groups (broad SMARTS) is 2. The monoisotopic (exact) mass is 363 g/mol. The summed E-state index contributed by atoms with van der Waals surface area (Å²) in [6, 6.07) is 0. The van der Waals surface area contributed by atoms with Crippen LogP contribution in [-0.2, 0) is 19.4 Å². The van der Waals surface area contributed by atoms with Crippen LogP contribution >= 0.6 is 0 Å². The third-order valence-corrected chi connectivity index (χ3v) is 6.96. The van der Waals surface area contributed by atoms with Gasteiger partial charge in [0.2, 0.25) is 0 Å². The summed E-state index contributed by atoms with van der Waals surface area (Å²) in [5.41, 5.74) is -0.535. The highest BCUT2D eigenvalue weighted by molar-refractivity contribution is 7.91. The number of piperidine rings is 1. The molecule has 0 aromatic heterocycles. The number of sulfone groups is 1. The van der Waals surface area contributed by atoms with Crippen LogP contribution in [0, 0.1) is 11.3 Å². The number of hydrogen-bond donors (Lipinski definition) is 2. The van der Waals surface area contributed by atoms with Crippen molar-refractivity contribution >= 4 is 21.8 Å². The fourth-order valence-electron chi connectivity index (χ4n) is 3.39. The SMILES string of the molecule is CC(=O)O.CCC1(C(=O)O)CCN(CCC2CCS(=O)(=O)C2)CC1. The molecule has 24 heavy (non-hydrogen) atoms. The van der Waals surface area contributed by atoms with Crippen molar-refractivity contribution in [2.45, 2.75) is 46.0 Å². The molecule has 2 heterocycles. The van der Waals surface area contributed by atoms with Gasteiger partial charge < -0.3 is 15.1 Å². The predicted octanol–water partition coefficient (Wildman–Crippen LogP) is 1.48. The van der Waals surface area contributed by atoms with Crippen molar-refractivity contribution in [2.24, 2.45) is 11.3 Å². The standard InChI is InChI=1S/C14H25NO4S.C2H4O2/c1-2-14(13(16)17)5-8-15(9-6-14)7-3-12-4-10-20(18,19)11-12;1-2(3)4/h12H,2-11H2,1H3,(H,16,17);1H3,(H,3,4). The van der Waals surface area contributed by atoms with Gasteiger partial charge in [-0.2, -0.15) is 0 Å². The molecule has 0 aliphatic carbocycles. The Morgan fingerprint density at radius 1 is 1.21 bits per heavy atom. The molecule has 0 bridgehead atoms. The Bertz CT molecular complexity index is 533. The Labute approximate surface area is 144 Å². The van der Waals surface area contributed by atoms with Gasteiger partial charge in [-0.1, -0.05) is 6.92 Å². The van der Waals surface area contributed by atoms with Crippen molar-refractivity contribution in [1.29, 1.82) is 0 Å². The van der Waals surface area contributed by atoms with E-state index in [4.69, 9.17) is 9.90 Å². The summed E-state index contributed by atoms with van der Waals surface area (Å²) in [5, 5.41) is 16.8. The Balaban J connectivity index is 0.000000648. The summed E-state index contributed by atoms with van der Waals surface area (Å²) < 4.78 is 22.8. The number of nitrogens with zero attached hydrogens (tertiary/aromatic N) is 1. The van der Waals surface area contributed by atoms with E-state index < -0.39 is 27.2 Å². The van der Waals surface area contributed by atoms with Gasteiger partial charge >= 0.3 is 5.97 Å². The van der Waals surface area contributed by atoms with Gasteiger partial charge in [0.05, 0.1) is 16.9 Å². The lowest BCUT2D eigenvalue weighted by Gasteiger charge is -2.38. The first kappa shape index (κ1) is 20.9. The predicted molar refractivity (Wildman–Crippen MR) is 90.7 cm³/mol. The average Bonchev–Trinajstić information content (AvgIpc) is 2.84. The molecule has 140 valence electrons. The topological polar surface area (TPSA) is 112 Å². The second-order valence-corrected chi connectivity index (χ2v) is 9.09. The van der Waals surface area contributed by atoms with Crippen LogP contribution in [0.2, 0.25) is 0 Å². The van der Waals surface area contributed by atoms with E-state index >= 15 is 0 Å². The third kappa shape index (κ3) is 6.39. The molecule has 2 aliphatic rings. The highest BCUT2D eigenvalue weighted by atomic mass is 32.2. The molecule has 2 saturated heterocycles. The molecule has 0 amide bonds. The molecule has 0 aromatic rings. The van der Waals surface area contributed by atoms with Gasteiger partial charge in [-0.05, 0) is 57.7 Å². The van der Waals surface area contributed by atoms with E-state index in [1.54, 1.807) is 0 Å². The number of carbonyl (C=O) groups is 2. The van der Waals surface area contributed by atoms with E-state index in [0.717, 1.165) is 39.4 Å². The Morgan fingerprint density at radius 3 is 2.12 bits per heavy atom. The summed E-state index contributed by atoms with van der Waals surface area (Å²) >= 11 is 0. The van der Waals surface area contributed by atoms with Gasteiger partial charge in [-0.25, -0.2) is 8.42 Å². The molecule has 2 N–H and O–H groups in total. The zero-order chi connectivity index (χ0) is 18.4. The van der Waals surface area contributed by atoms with Crippen molar-refractivity contribution in [2.75, 3.05) is 31.1 Å². The first-order chi connectivity index (χ1) is 11.1. The van der Waals surface area contributed by atoms with Crippen LogP contribution in [0.3, 0.4) is 0 Å². The van der Waals surface area contributed by atoms with Crippen molar-refractivity contribution in [3.05, 3.63) is 0 Å². The number of likely N-dealkylation sites (tertiary alicyclic amines) is 1. The molecule has 8 heteroatoms. The van der Waals surface area contributed by atoms with Crippen LogP contribution in [0.5, 0.6) is 0 Å². The molecule has 0 spiro atoms. The van der Waals surface area contributed by atoms with Crippen LogP contribution in [0.4, 0.5) is 0 Å². The minimum Gasteiger partial charge on any atom is -0.481 e. The number of rotatable bonds is 5. The largest absolute Gasteiger partial charge is 0.481 e. The minimum absolute atomic E-state index is 0.303. The van der Waals surface area contributed by atoms with Crippen molar-refractivity contribution < 1.29 is 28.2 Å². The minimum atomic E-state index is -2.78. The number of hydrogen-bond acceptors (Lipinski definition) is 5. The summed E-state index contributed by atoms with van der Waals surface area (Å²) in [7, 11) is -2.78. The van der Waals surface area contributed by atoms with Gasteiger partial charge in [0.15, 0.2) is 9.84 Å². The van der Waals surface area contributed by atoms with Crippen molar-refractivity contribution in [3.8, 4) is 0 Å². The molecule has 1 atom stereocenters. The average molecular weight is 363 g/mol. The molecule has 0 radical (unpaired) electrons. The fourth-order valence-corrected chi connectivity index (χ4v) is 5.30. The van der Waals surface area contributed by atoms with Crippen molar-refractivity contribution in [1.82, 2.24) is 4.90 Å². The highest BCUT2D eigenvalue weighted by Gasteiger charge is 2.39. The zero-order valence-electron chi connectivity index (χ0n) is 14.5. The van der Waals surface area contributed by atoms with E-state index in [9.17, 15) is 18.3 Å².